The van der Waals surface area contributed by atoms with Gasteiger partial charge in [0.1, 0.15) is 24.0 Å². The van der Waals surface area contributed by atoms with Gasteiger partial charge in [0.05, 0.1) is 32.4 Å². The van der Waals surface area contributed by atoms with Crippen LogP contribution in [-0.2, 0) is 35.1 Å². The number of nitrogens with one attached hydrogen (secondary N) is 1. The second-order valence-electron chi connectivity index (χ2n) is 15.3. The number of nitrogen functional groups attached to an aromatic ring is 1. The lowest BCUT2D eigenvalue weighted by Gasteiger charge is -2.35. The van der Waals surface area contributed by atoms with Crippen molar-refractivity contribution in [1.82, 2.24) is 25.1 Å². The molecule has 16 nitrogen and oxygen atoms in total. The molecule has 4 fully saturated rings. The van der Waals surface area contributed by atoms with Crippen LogP contribution in [0.5, 0.6) is 11.5 Å². The Morgan fingerprint density at radius 3 is 2.36 bits per heavy atom. The van der Waals surface area contributed by atoms with Crippen molar-refractivity contribution >= 4 is 46.4 Å². The third-order valence-electron chi connectivity index (χ3n) is 11.6. The van der Waals surface area contributed by atoms with Gasteiger partial charge >= 0.3 is 11.9 Å². The number of fused-ring (bicyclic) bond motifs is 2. The van der Waals surface area contributed by atoms with Crippen LogP contribution in [0.2, 0.25) is 0 Å². The van der Waals surface area contributed by atoms with Crippen molar-refractivity contribution in [1.29, 1.82) is 0 Å². The molecule has 3 saturated heterocycles. The molecule has 4 heterocycles. The molecule has 1 unspecified atom stereocenters. The van der Waals surface area contributed by atoms with E-state index in [0.29, 0.717) is 86.2 Å². The number of hydrogen-bond donors (Lipinski definition) is 3. The van der Waals surface area contributed by atoms with Crippen molar-refractivity contribution in [3.05, 3.63) is 48.0 Å². The highest BCUT2D eigenvalue weighted by Gasteiger charge is 2.49. The number of aliphatic carboxylic acids is 1. The van der Waals surface area contributed by atoms with Crippen LogP contribution >= 0.6 is 0 Å². The number of esters is 1. The maximum atomic E-state index is 13.2. The molecule has 58 heavy (non-hydrogen) atoms. The number of carboxylic acid groups (broad SMARTS) is 1. The predicted molar refractivity (Wildman–Crippen MR) is 217 cm³/mol. The van der Waals surface area contributed by atoms with Gasteiger partial charge in [-0.2, -0.15) is 4.98 Å². The first kappa shape index (κ1) is 42.4. The summed E-state index contributed by atoms with van der Waals surface area (Å²) in [7, 11) is 3.16. The molecule has 0 bridgehead atoms. The van der Waals surface area contributed by atoms with E-state index in [1.165, 1.54) is 0 Å². The second kappa shape index (κ2) is 19.5. The Morgan fingerprint density at radius 1 is 0.983 bits per heavy atom. The summed E-state index contributed by atoms with van der Waals surface area (Å²) in [5, 5.41) is 13.5. The molecule has 4 aliphatic rings. The molecule has 0 radical (unpaired) electrons. The summed E-state index contributed by atoms with van der Waals surface area (Å²) in [4.78, 5) is 64.6. The monoisotopic (exact) mass is 803 g/mol. The summed E-state index contributed by atoms with van der Waals surface area (Å²) >= 11 is 0. The van der Waals surface area contributed by atoms with Gasteiger partial charge in [-0.25, -0.2) is 9.78 Å². The Hall–Kier alpha value is -5.22. The van der Waals surface area contributed by atoms with E-state index in [-0.39, 0.29) is 42.5 Å². The summed E-state index contributed by atoms with van der Waals surface area (Å²) in [6.07, 6.45) is 6.03. The quantitative estimate of drug-likeness (QED) is 0.212. The first-order chi connectivity index (χ1) is 28.0. The first-order valence-corrected chi connectivity index (χ1v) is 20.4. The first-order valence-electron chi connectivity index (χ1n) is 20.4. The number of rotatable bonds is 13. The van der Waals surface area contributed by atoms with Crippen molar-refractivity contribution in [2.75, 3.05) is 64.2 Å². The number of aryl methyl sites for hydroxylation is 1. The number of aromatic nitrogens is 2. The van der Waals surface area contributed by atoms with Crippen molar-refractivity contribution in [3.63, 3.8) is 0 Å². The zero-order chi connectivity index (χ0) is 41.3. The minimum atomic E-state index is -0.948. The third-order valence-corrected chi connectivity index (χ3v) is 11.6. The Labute approximate surface area is 339 Å². The molecule has 4 N–H and O–H groups in total. The van der Waals surface area contributed by atoms with E-state index in [4.69, 9.17) is 24.7 Å². The van der Waals surface area contributed by atoms with E-state index in [9.17, 15) is 24.3 Å². The molecule has 3 aromatic rings. The fraction of sp³-hybridized carbons (Fsp3) is 0.571. The normalized spacial score (nSPS) is 22.4. The zero-order valence-corrected chi connectivity index (χ0v) is 33.9. The van der Waals surface area contributed by atoms with E-state index < -0.39 is 24.1 Å². The summed E-state index contributed by atoms with van der Waals surface area (Å²) in [6, 6.07) is 11.3. The number of carbonyl (C=O) groups excluding carboxylic acids is 3. The molecule has 1 saturated carbocycles. The molecule has 7 rings (SSSR count). The highest BCUT2D eigenvalue weighted by molar-refractivity contribution is 5.92. The number of benzene rings is 2. The summed E-state index contributed by atoms with van der Waals surface area (Å²) < 4.78 is 21.4. The van der Waals surface area contributed by atoms with Crippen molar-refractivity contribution < 1.29 is 43.2 Å². The van der Waals surface area contributed by atoms with Gasteiger partial charge in [0.15, 0.2) is 11.5 Å². The average Bonchev–Trinajstić information content (AvgIpc) is 4.02. The summed E-state index contributed by atoms with van der Waals surface area (Å²) in [6.45, 7) is 6.93. The number of carbonyl (C=O) groups is 4. The van der Waals surface area contributed by atoms with Gasteiger partial charge in [-0.15, -0.1) is 0 Å². The van der Waals surface area contributed by atoms with Crippen LogP contribution in [0.1, 0.15) is 64.4 Å². The van der Waals surface area contributed by atoms with Gasteiger partial charge in [0, 0.05) is 50.3 Å². The van der Waals surface area contributed by atoms with Crippen molar-refractivity contribution in [2.24, 2.45) is 5.92 Å². The standard InChI is InChI=1S/C23H32N2O5.C19H25N5O4/c1-3-30-23(29)18(13-12-16-8-5-4-6-9-16)24-15(2)21(26)25-19-11-7-10-17(19)14-20(25)22(27)28;1-26-15-10-12-13(11-16(15)27-2)21-19(22-17(12)20)24-7-5-23(6-8-24)18(25)14-4-3-9-28-14/h4-6,8-9,15,17-20,24H,3,7,10-14H2,1-2H3,(H,27,28);10-11,14H,3-9H2,1-2H3,(H2,20,21,22)/t15-,17-,18-,19-,20-;/m0./s1. The van der Waals surface area contributed by atoms with Crippen LogP contribution in [0.25, 0.3) is 10.9 Å². The fourth-order valence-corrected chi connectivity index (χ4v) is 8.60. The van der Waals surface area contributed by atoms with Crippen LogP contribution < -0.4 is 25.4 Å². The highest BCUT2D eigenvalue weighted by atomic mass is 16.5. The van der Waals surface area contributed by atoms with Crippen LogP contribution in [0.3, 0.4) is 0 Å². The van der Waals surface area contributed by atoms with Gasteiger partial charge in [-0.05, 0) is 76.3 Å². The maximum absolute atomic E-state index is 13.2. The van der Waals surface area contributed by atoms with Crippen molar-refractivity contribution in [3.8, 4) is 11.5 Å². The maximum Gasteiger partial charge on any atom is 0.326 e. The number of anilines is 2. The average molecular weight is 804 g/mol. The largest absolute Gasteiger partial charge is 0.493 e. The predicted octanol–water partition coefficient (Wildman–Crippen LogP) is 3.44. The van der Waals surface area contributed by atoms with Crippen LogP contribution in [-0.4, -0.2) is 133 Å². The Morgan fingerprint density at radius 2 is 1.71 bits per heavy atom. The van der Waals surface area contributed by atoms with E-state index in [2.05, 4.69) is 15.3 Å². The van der Waals surface area contributed by atoms with Gasteiger partial charge in [-0.3, -0.25) is 19.7 Å². The number of hydrogen-bond acceptors (Lipinski definition) is 13. The van der Waals surface area contributed by atoms with E-state index in [1.54, 1.807) is 45.1 Å². The number of nitrogens with two attached hydrogens (primary N) is 1. The number of carboxylic acids is 1. The topological polar surface area (TPSA) is 199 Å². The SMILES string of the molecule is CCOC(=O)[C@H](CCc1ccccc1)N[C@@H](C)C(=O)N1[C@H](C(=O)O)C[C@@H]2CCC[C@@H]21.COc1cc2nc(N3CCN(C(=O)C4CCCO4)CC3)nc(N)c2cc1OC. The minimum Gasteiger partial charge on any atom is -0.493 e. The Bertz CT molecular complexity index is 1900. The van der Waals surface area contributed by atoms with Gasteiger partial charge in [0.25, 0.3) is 5.91 Å². The molecule has 3 aliphatic heterocycles. The summed E-state index contributed by atoms with van der Waals surface area (Å²) in [5.41, 5.74) is 7.98. The lowest BCUT2D eigenvalue weighted by Crippen LogP contribution is -2.55. The molecule has 2 aromatic carbocycles. The van der Waals surface area contributed by atoms with Gasteiger partial charge in [0.2, 0.25) is 11.9 Å². The highest BCUT2D eigenvalue weighted by Crippen LogP contribution is 2.41. The lowest BCUT2D eigenvalue weighted by atomic mass is 10.0. The van der Waals surface area contributed by atoms with E-state index in [0.717, 1.165) is 37.7 Å². The molecule has 0 spiro atoms. The van der Waals surface area contributed by atoms with Crippen LogP contribution in [0.4, 0.5) is 11.8 Å². The number of likely N-dealkylation sites (tertiary alicyclic amines) is 1. The number of amides is 2. The number of ether oxygens (including phenoxy) is 4. The second-order valence-corrected chi connectivity index (χ2v) is 15.3. The molecule has 314 valence electrons. The molecule has 1 aliphatic carbocycles. The molecule has 6 atom stereocenters. The Balaban J connectivity index is 0.000000196. The van der Waals surface area contributed by atoms with Crippen molar-refractivity contribution in [2.45, 2.75) is 95.5 Å². The zero-order valence-electron chi connectivity index (χ0n) is 33.9. The molecular formula is C42H57N7O9. The van der Waals surface area contributed by atoms with E-state index >= 15 is 0 Å². The third kappa shape index (κ3) is 9.72. The van der Waals surface area contributed by atoms with Gasteiger partial charge in [-0.1, -0.05) is 36.8 Å². The van der Waals surface area contributed by atoms with Crippen LogP contribution in [0.15, 0.2) is 42.5 Å². The Kier molecular flexibility index (Phi) is 14.2. The minimum absolute atomic E-state index is 0.00629. The number of piperazine rings is 1. The van der Waals surface area contributed by atoms with Crippen LogP contribution in [0, 0.1) is 5.92 Å². The summed E-state index contributed by atoms with van der Waals surface area (Å²) in [5.74, 6) is 0.893. The van der Waals surface area contributed by atoms with Gasteiger partial charge < -0.3 is 44.5 Å². The molecule has 16 heteroatoms. The molecule has 1 aromatic heterocycles. The number of nitrogens with zero attached hydrogens (tertiary/aromatic N) is 5. The smallest absolute Gasteiger partial charge is 0.326 e. The fourth-order valence-electron chi connectivity index (χ4n) is 8.60. The van der Waals surface area contributed by atoms with E-state index in [1.807, 2.05) is 40.1 Å². The lowest BCUT2D eigenvalue weighted by molar-refractivity contribution is -0.151. The molecular weight excluding hydrogens is 747 g/mol. The molecule has 2 amide bonds. The number of methoxy groups -OCH3 is 2.